The van der Waals surface area contributed by atoms with E-state index in [0.29, 0.717) is 61.5 Å². The first kappa shape index (κ1) is 41.7. The number of fused-ring (bicyclic) bond motifs is 4. The van der Waals surface area contributed by atoms with Crippen LogP contribution in [0.2, 0.25) is 0 Å². The molecule has 5 heterocycles. The maximum Gasteiger partial charge on any atom is 0.317 e. The van der Waals surface area contributed by atoms with E-state index in [1.165, 1.54) is 12.1 Å². The summed E-state index contributed by atoms with van der Waals surface area (Å²) in [7, 11) is 1.60. The number of aromatic nitrogens is 1. The zero-order chi connectivity index (χ0) is 42.7. The average molecular weight is 827 g/mol. The molecule has 4 unspecified atom stereocenters. The predicted molar refractivity (Wildman–Crippen MR) is 232 cm³/mol. The summed E-state index contributed by atoms with van der Waals surface area (Å²) in [5.74, 6) is -0.303. The third-order valence-electron chi connectivity index (χ3n) is 13.3. The van der Waals surface area contributed by atoms with Gasteiger partial charge in [-0.05, 0) is 103 Å². The van der Waals surface area contributed by atoms with Crippen LogP contribution in [-0.4, -0.2) is 98.7 Å². The first-order chi connectivity index (χ1) is 29.5. The number of nitrogens with one attached hydrogen (secondary N) is 3. The van der Waals surface area contributed by atoms with Crippen molar-refractivity contribution in [2.24, 2.45) is 11.8 Å². The standard InChI is InChI=1S/C48H54N6O7/c1-49-47(61)53(28-32-9-7-31(8-10-32)26-50-27-42(56)37-15-17-41(55)44-38(37)16-18-43(57)51-44)29-33-11-13-35(14-12-33)45(58)54-24-21-48(46(59)60,36-5-3-2-4-6-36)25-40(54)39-30-52-22-19-34(39)20-23-52/h2-18,34,39-40,42,50,55-56H,19-30H2,1H3,(H,49,61)(H,51,57)(H,59,60). The molecule has 2 bridgehead atoms. The lowest BCUT2D eigenvalue weighted by molar-refractivity contribution is -0.148. The van der Waals surface area contributed by atoms with Crippen LogP contribution >= 0.6 is 0 Å². The van der Waals surface area contributed by atoms with Crippen LogP contribution in [0.25, 0.3) is 10.9 Å². The number of phenolic OH excluding ortho intramolecular Hbond substituents is 1. The Labute approximate surface area is 355 Å². The number of phenols is 1. The molecule has 4 atom stereocenters. The predicted octanol–water partition coefficient (Wildman–Crippen LogP) is 5.37. The molecule has 5 aromatic rings. The summed E-state index contributed by atoms with van der Waals surface area (Å²) in [6, 6.07) is 30.5. The highest BCUT2D eigenvalue weighted by atomic mass is 16.4. The normalized spacial score (nSPS) is 22.8. The van der Waals surface area contributed by atoms with Crippen molar-refractivity contribution in [3.05, 3.63) is 147 Å². The minimum Gasteiger partial charge on any atom is -0.506 e. The molecular weight excluding hydrogens is 773 g/mol. The highest BCUT2D eigenvalue weighted by Crippen LogP contribution is 2.46. The quantitative estimate of drug-likeness (QED) is 0.0912. The minimum atomic E-state index is -1.06. The van der Waals surface area contributed by atoms with Gasteiger partial charge in [0.05, 0.1) is 17.0 Å². The third kappa shape index (κ3) is 8.77. The van der Waals surface area contributed by atoms with E-state index in [4.69, 9.17) is 0 Å². The van der Waals surface area contributed by atoms with Gasteiger partial charge in [-0.1, -0.05) is 72.8 Å². The molecular formula is C48H54N6O7. The molecule has 61 heavy (non-hydrogen) atoms. The highest BCUT2D eigenvalue weighted by Gasteiger charge is 2.52. The second kappa shape index (κ2) is 17.9. The van der Waals surface area contributed by atoms with E-state index in [2.05, 4.69) is 20.5 Å². The van der Waals surface area contributed by atoms with Gasteiger partial charge in [-0.25, -0.2) is 4.79 Å². The molecule has 0 spiro atoms. The van der Waals surface area contributed by atoms with E-state index in [-0.39, 0.29) is 47.3 Å². The van der Waals surface area contributed by atoms with Crippen molar-refractivity contribution in [3.8, 4) is 5.75 Å². The first-order valence-corrected chi connectivity index (χ1v) is 21.2. The van der Waals surface area contributed by atoms with Crippen LogP contribution < -0.4 is 16.2 Å². The van der Waals surface area contributed by atoms with Gasteiger partial charge >= 0.3 is 12.0 Å². The number of carbonyl (C=O) groups is 3. The number of amides is 3. The molecule has 0 aliphatic carbocycles. The van der Waals surface area contributed by atoms with Crippen molar-refractivity contribution in [2.45, 2.75) is 62.9 Å². The molecule has 9 rings (SSSR count). The van der Waals surface area contributed by atoms with Gasteiger partial charge in [-0.15, -0.1) is 0 Å². The summed E-state index contributed by atoms with van der Waals surface area (Å²) in [6.07, 6.45) is 2.00. The van der Waals surface area contributed by atoms with Crippen LogP contribution in [0.4, 0.5) is 4.79 Å². The number of hydrogen-bond donors (Lipinski definition) is 6. The summed E-state index contributed by atoms with van der Waals surface area (Å²) in [4.78, 5) is 61.2. The summed E-state index contributed by atoms with van der Waals surface area (Å²) in [6.45, 7) is 4.76. The zero-order valence-corrected chi connectivity index (χ0v) is 34.4. The molecule has 4 aromatic carbocycles. The van der Waals surface area contributed by atoms with Crippen LogP contribution in [0.1, 0.15) is 70.0 Å². The Hall–Kier alpha value is -6.02. The van der Waals surface area contributed by atoms with E-state index < -0.39 is 17.5 Å². The molecule has 4 aliphatic rings. The van der Waals surface area contributed by atoms with Gasteiger partial charge in [0.1, 0.15) is 5.75 Å². The van der Waals surface area contributed by atoms with Gasteiger partial charge in [0, 0.05) is 69.4 Å². The Morgan fingerprint density at radius 3 is 2.18 bits per heavy atom. The minimum absolute atomic E-state index is 0.0608. The Balaban J connectivity index is 0.909. The Kier molecular flexibility index (Phi) is 12.2. The molecule has 3 amide bonds. The van der Waals surface area contributed by atoms with Gasteiger partial charge in [0.25, 0.3) is 5.91 Å². The molecule has 4 saturated heterocycles. The monoisotopic (exact) mass is 826 g/mol. The Morgan fingerprint density at radius 2 is 1.54 bits per heavy atom. The number of benzene rings is 4. The fraction of sp³-hybridized carbons (Fsp3) is 0.375. The molecule has 0 radical (unpaired) electrons. The lowest BCUT2D eigenvalue weighted by Crippen LogP contribution is -2.61. The topological polar surface area (TPSA) is 179 Å². The number of nitrogens with zero attached hydrogens (tertiary/aromatic N) is 3. The summed E-state index contributed by atoms with van der Waals surface area (Å²) < 4.78 is 0. The number of urea groups is 1. The van der Waals surface area contributed by atoms with Gasteiger partial charge in [-0.3, -0.25) is 14.4 Å². The van der Waals surface area contributed by atoms with Crippen molar-refractivity contribution < 1.29 is 29.7 Å². The lowest BCUT2D eigenvalue weighted by atomic mass is 9.64. The number of aromatic amines is 1. The zero-order valence-electron chi connectivity index (χ0n) is 34.4. The largest absolute Gasteiger partial charge is 0.506 e. The van der Waals surface area contributed by atoms with Crippen LogP contribution in [0.15, 0.2) is 108 Å². The Morgan fingerprint density at radius 1 is 0.869 bits per heavy atom. The molecule has 6 N–H and O–H groups in total. The fourth-order valence-corrected chi connectivity index (χ4v) is 9.96. The Bertz CT molecular complexity index is 2420. The third-order valence-corrected chi connectivity index (χ3v) is 13.3. The number of rotatable bonds is 13. The smallest absolute Gasteiger partial charge is 0.317 e. The first-order valence-electron chi connectivity index (χ1n) is 21.2. The van der Waals surface area contributed by atoms with Crippen LogP contribution in [-0.2, 0) is 29.8 Å². The molecule has 1 aromatic heterocycles. The lowest BCUT2D eigenvalue weighted by Gasteiger charge is -2.54. The van der Waals surface area contributed by atoms with Gasteiger partial charge < -0.3 is 45.6 Å². The summed E-state index contributed by atoms with van der Waals surface area (Å²) in [5.41, 5.74) is 3.62. The van der Waals surface area contributed by atoms with Gasteiger partial charge in [0.2, 0.25) is 5.56 Å². The number of aliphatic carboxylic acids is 1. The van der Waals surface area contributed by atoms with Crippen molar-refractivity contribution in [3.63, 3.8) is 0 Å². The number of carboxylic acid groups (broad SMARTS) is 1. The van der Waals surface area contributed by atoms with Crippen molar-refractivity contribution in [1.29, 1.82) is 0 Å². The molecule has 4 fully saturated rings. The maximum atomic E-state index is 14.4. The summed E-state index contributed by atoms with van der Waals surface area (Å²) in [5, 5.41) is 38.4. The van der Waals surface area contributed by atoms with Crippen molar-refractivity contribution >= 4 is 28.8 Å². The average Bonchev–Trinajstić information content (AvgIpc) is 3.29. The number of carbonyl (C=O) groups excluding carboxylic acids is 2. The van der Waals surface area contributed by atoms with E-state index in [1.807, 2.05) is 83.8 Å². The second-order valence-corrected chi connectivity index (χ2v) is 16.9. The number of carboxylic acids is 1. The molecule has 318 valence electrons. The number of pyridine rings is 1. The van der Waals surface area contributed by atoms with Crippen LogP contribution in [0.3, 0.4) is 0 Å². The number of aliphatic hydroxyl groups is 1. The SMILES string of the molecule is CNC(=O)N(Cc1ccc(CNCC(O)c2ccc(O)c3[nH]c(=O)ccc23)cc1)Cc1ccc(C(=O)N2CCC(C(=O)O)(c3ccccc3)CC2C2CN3CCC2CC3)cc1. The number of likely N-dealkylation sites (tertiary alicyclic amines) is 1. The number of aromatic hydroxyl groups is 1. The van der Waals surface area contributed by atoms with E-state index in [9.17, 15) is 34.5 Å². The second-order valence-electron chi connectivity index (χ2n) is 16.9. The molecule has 4 aliphatic heterocycles. The molecule has 0 saturated carbocycles. The van der Waals surface area contributed by atoms with E-state index >= 15 is 0 Å². The van der Waals surface area contributed by atoms with Crippen LogP contribution in [0, 0.1) is 11.8 Å². The molecule has 13 heteroatoms. The van der Waals surface area contributed by atoms with Crippen molar-refractivity contribution in [1.82, 2.24) is 30.3 Å². The van der Waals surface area contributed by atoms with E-state index in [0.717, 1.165) is 54.7 Å². The van der Waals surface area contributed by atoms with Gasteiger partial charge in [-0.2, -0.15) is 0 Å². The number of H-pyrrole nitrogens is 1. The van der Waals surface area contributed by atoms with E-state index in [1.54, 1.807) is 24.1 Å². The highest BCUT2D eigenvalue weighted by molar-refractivity contribution is 5.95. The van der Waals surface area contributed by atoms with Gasteiger partial charge in [0.15, 0.2) is 0 Å². The fourth-order valence-electron chi connectivity index (χ4n) is 9.96. The number of aliphatic hydroxyl groups excluding tert-OH is 1. The van der Waals surface area contributed by atoms with Crippen LogP contribution in [0.5, 0.6) is 5.75 Å². The molecule has 13 nitrogen and oxygen atoms in total. The number of hydrogen-bond acceptors (Lipinski definition) is 8. The van der Waals surface area contributed by atoms with Crippen molar-refractivity contribution in [2.75, 3.05) is 39.8 Å². The summed E-state index contributed by atoms with van der Waals surface area (Å²) >= 11 is 0. The maximum absolute atomic E-state index is 14.4. The number of piperidine rings is 4.